The van der Waals surface area contributed by atoms with Crippen LogP contribution in [0.25, 0.3) is 0 Å². The maximum atomic E-state index is 12.8. The van der Waals surface area contributed by atoms with E-state index in [0.717, 1.165) is 31.4 Å². The van der Waals surface area contributed by atoms with Crippen molar-refractivity contribution in [2.75, 3.05) is 11.9 Å². The molecular formula is C35H39N3O2. The Morgan fingerprint density at radius 2 is 1.25 bits per heavy atom. The zero-order valence-corrected chi connectivity index (χ0v) is 23.0. The molecule has 5 rings (SSSR count). The van der Waals surface area contributed by atoms with Gasteiger partial charge >= 0.3 is 6.09 Å². The second kappa shape index (κ2) is 13.8. The molecule has 5 heteroatoms. The SMILES string of the molecule is O=C(O)N1CCC(Nc2ccccc2)C(CCCc2ccccc2)[C@H]1N(Cc1ccccc1)Cc1ccccc1. The van der Waals surface area contributed by atoms with Crippen molar-refractivity contribution in [2.24, 2.45) is 5.92 Å². The highest BCUT2D eigenvalue weighted by Gasteiger charge is 2.43. The third-order valence-electron chi connectivity index (χ3n) is 7.95. The fourth-order valence-corrected chi connectivity index (χ4v) is 6.08. The highest BCUT2D eigenvalue weighted by Crippen LogP contribution is 2.34. The summed E-state index contributed by atoms with van der Waals surface area (Å²) in [4.78, 5) is 16.8. The van der Waals surface area contributed by atoms with Gasteiger partial charge in [0.15, 0.2) is 0 Å². The van der Waals surface area contributed by atoms with Gasteiger partial charge in [-0.15, -0.1) is 0 Å². The number of likely N-dealkylation sites (tertiary alicyclic amines) is 1. The van der Waals surface area contributed by atoms with E-state index in [1.54, 1.807) is 4.90 Å². The predicted molar refractivity (Wildman–Crippen MR) is 162 cm³/mol. The van der Waals surface area contributed by atoms with Gasteiger partial charge in [-0.25, -0.2) is 4.79 Å². The molecule has 0 aromatic heterocycles. The van der Waals surface area contributed by atoms with Gasteiger partial charge in [-0.05, 0) is 54.5 Å². The first-order valence-corrected chi connectivity index (χ1v) is 14.3. The van der Waals surface area contributed by atoms with Crippen molar-refractivity contribution in [3.63, 3.8) is 0 Å². The molecule has 4 aromatic carbocycles. The Kier molecular flexibility index (Phi) is 9.49. The smallest absolute Gasteiger partial charge is 0.408 e. The van der Waals surface area contributed by atoms with E-state index in [4.69, 9.17) is 0 Å². The van der Waals surface area contributed by atoms with Crippen molar-refractivity contribution in [3.05, 3.63) is 138 Å². The average Bonchev–Trinajstić information content (AvgIpc) is 2.99. The Morgan fingerprint density at radius 1 is 0.750 bits per heavy atom. The molecule has 0 spiro atoms. The van der Waals surface area contributed by atoms with Crippen LogP contribution < -0.4 is 5.32 Å². The number of piperidine rings is 1. The molecule has 1 fully saturated rings. The number of nitrogens with zero attached hydrogens (tertiary/aromatic N) is 2. The molecule has 5 nitrogen and oxygen atoms in total. The normalized spacial score (nSPS) is 18.9. The predicted octanol–water partition coefficient (Wildman–Crippen LogP) is 7.52. The maximum absolute atomic E-state index is 12.8. The Morgan fingerprint density at radius 3 is 1.77 bits per heavy atom. The summed E-state index contributed by atoms with van der Waals surface area (Å²) in [7, 11) is 0. The van der Waals surface area contributed by atoms with Crippen LogP contribution in [-0.4, -0.2) is 39.8 Å². The number of hydrogen-bond acceptors (Lipinski definition) is 3. The van der Waals surface area contributed by atoms with Crippen LogP contribution in [0.4, 0.5) is 10.5 Å². The first kappa shape index (κ1) is 27.5. The number of benzene rings is 4. The lowest BCUT2D eigenvalue weighted by Gasteiger charge is -2.49. The number of rotatable bonds is 11. The summed E-state index contributed by atoms with van der Waals surface area (Å²) in [5.74, 6) is 0.112. The van der Waals surface area contributed by atoms with Gasteiger partial charge in [0.1, 0.15) is 0 Å². The zero-order valence-electron chi connectivity index (χ0n) is 23.0. The van der Waals surface area contributed by atoms with Gasteiger partial charge in [-0.1, -0.05) is 109 Å². The molecule has 1 amide bonds. The van der Waals surface area contributed by atoms with E-state index in [0.29, 0.717) is 19.6 Å². The Bertz CT molecular complexity index is 1260. The zero-order chi connectivity index (χ0) is 27.6. The largest absolute Gasteiger partial charge is 0.465 e. The number of para-hydroxylation sites is 1. The van der Waals surface area contributed by atoms with Gasteiger partial charge in [0.05, 0.1) is 6.17 Å². The van der Waals surface area contributed by atoms with Crippen LogP contribution in [0.15, 0.2) is 121 Å². The van der Waals surface area contributed by atoms with Crippen LogP contribution in [0, 0.1) is 5.92 Å². The van der Waals surface area contributed by atoms with Gasteiger partial charge in [-0.3, -0.25) is 9.80 Å². The van der Waals surface area contributed by atoms with Crippen molar-refractivity contribution >= 4 is 11.8 Å². The van der Waals surface area contributed by atoms with Crippen LogP contribution in [0.1, 0.15) is 36.0 Å². The lowest BCUT2D eigenvalue weighted by molar-refractivity contribution is -0.0334. The van der Waals surface area contributed by atoms with E-state index >= 15 is 0 Å². The lowest BCUT2D eigenvalue weighted by atomic mass is 9.83. The van der Waals surface area contributed by atoms with Crippen LogP contribution >= 0.6 is 0 Å². The molecule has 2 N–H and O–H groups in total. The molecule has 4 aromatic rings. The summed E-state index contributed by atoms with van der Waals surface area (Å²) in [6.07, 6.45) is 2.57. The van der Waals surface area contributed by atoms with E-state index in [2.05, 4.69) is 101 Å². The number of nitrogens with one attached hydrogen (secondary N) is 1. The van der Waals surface area contributed by atoms with E-state index < -0.39 is 6.09 Å². The van der Waals surface area contributed by atoms with Crippen LogP contribution in [0.3, 0.4) is 0 Å². The molecule has 0 radical (unpaired) electrons. The monoisotopic (exact) mass is 533 g/mol. The minimum atomic E-state index is -0.845. The second-order valence-corrected chi connectivity index (χ2v) is 10.7. The molecule has 1 aliphatic heterocycles. The molecule has 3 atom stereocenters. The fourth-order valence-electron chi connectivity index (χ4n) is 6.08. The first-order chi connectivity index (χ1) is 19.7. The average molecular weight is 534 g/mol. The van der Waals surface area contributed by atoms with Crippen molar-refractivity contribution in [2.45, 2.75) is 51.0 Å². The number of anilines is 1. The number of amides is 1. The Hall–Kier alpha value is -4.09. The number of aryl methyl sites for hydroxylation is 1. The molecule has 1 saturated heterocycles. The summed E-state index contributed by atoms with van der Waals surface area (Å²) in [5, 5.41) is 14.3. The van der Waals surface area contributed by atoms with Crippen LogP contribution in [0.5, 0.6) is 0 Å². The number of hydrogen-bond donors (Lipinski definition) is 2. The minimum absolute atomic E-state index is 0.112. The van der Waals surface area contributed by atoms with Gasteiger partial charge < -0.3 is 10.4 Å². The first-order valence-electron chi connectivity index (χ1n) is 14.3. The van der Waals surface area contributed by atoms with Crippen molar-refractivity contribution < 1.29 is 9.90 Å². The molecule has 0 saturated carbocycles. The molecule has 2 unspecified atom stereocenters. The molecule has 0 bridgehead atoms. The number of carbonyl (C=O) groups is 1. The van der Waals surface area contributed by atoms with E-state index in [1.807, 2.05) is 30.3 Å². The van der Waals surface area contributed by atoms with E-state index in [1.165, 1.54) is 16.7 Å². The summed E-state index contributed by atoms with van der Waals surface area (Å²) in [6, 6.07) is 41.9. The molecule has 40 heavy (non-hydrogen) atoms. The summed E-state index contributed by atoms with van der Waals surface area (Å²) in [5.41, 5.74) is 4.78. The highest BCUT2D eigenvalue weighted by atomic mass is 16.4. The quantitative estimate of drug-likeness (QED) is 0.209. The molecule has 1 heterocycles. The molecule has 0 aliphatic carbocycles. The van der Waals surface area contributed by atoms with Crippen molar-refractivity contribution in [1.82, 2.24) is 9.80 Å². The Balaban J connectivity index is 1.49. The fraction of sp³-hybridized carbons (Fsp3) is 0.286. The summed E-state index contributed by atoms with van der Waals surface area (Å²) in [6.45, 7) is 1.86. The third-order valence-corrected chi connectivity index (χ3v) is 7.95. The van der Waals surface area contributed by atoms with Crippen molar-refractivity contribution in [3.8, 4) is 0 Å². The summed E-state index contributed by atoms with van der Waals surface area (Å²) >= 11 is 0. The minimum Gasteiger partial charge on any atom is -0.465 e. The lowest BCUT2D eigenvalue weighted by Crippen LogP contribution is -2.61. The van der Waals surface area contributed by atoms with Crippen molar-refractivity contribution in [1.29, 1.82) is 0 Å². The highest BCUT2D eigenvalue weighted by molar-refractivity contribution is 5.65. The maximum Gasteiger partial charge on any atom is 0.408 e. The summed E-state index contributed by atoms with van der Waals surface area (Å²) < 4.78 is 0. The van der Waals surface area contributed by atoms with Gasteiger partial charge in [0.2, 0.25) is 0 Å². The van der Waals surface area contributed by atoms with Crippen LogP contribution in [0.2, 0.25) is 0 Å². The third kappa shape index (κ3) is 7.30. The Labute approximate surface area is 238 Å². The molecule has 1 aliphatic rings. The van der Waals surface area contributed by atoms with Gasteiger partial charge in [0, 0.05) is 37.3 Å². The van der Waals surface area contributed by atoms with E-state index in [-0.39, 0.29) is 18.1 Å². The standard InChI is InChI=1S/C35H39N3O2/c39-35(40)38-25-24-33(36-31-21-11-4-12-22-31)32(23-13-20-28-14-5-1-6-15-28)34(38)37(26-29-16-7-2-8-17-29)27-30-18-9-3-10-19-30/h1-12,14-19,21-22,32-34,36H,13,20,23-27H2,(H,39,40)/t32?,33?,34-/m0/s1. The molecule has 206 valence electrons. The van der Waals surface area contributed by atoms with E-state index in [9.17, 15) is 9.90 Å². The van der Waals surface area contributed by atoms with Gasteiger partial charge in [0.25, 0.3) is 0 Å². The topological polar surface area (TPSA) is 55.8 Å². The number of carboxylic acid groups (broad SMARTS) is 1. The molecular weight excluding hydrogens is 494 g/mol. The van der Waals surface area contributed by atoms with Gasteiger partial charge in [-0.2, -0.15) is 0 Å². The second-order valence-electron chi connectivity index (χ2n) is 10.7. The van der Waals surface area contributed by atoms with Crippen LogP contribution in [-0.2, 0) is 19.5 Å².